The Balaban J connectivity index is 1.72. The van der Waals surface area contributed by atoms with Crippen molar-refractivity contribution in [1.29, 1.82) is 0 Å². The molecule has 1 atom stereocenters. The van der Waals surface area contributed by atoms with Crippen molar-refractivity contribution in [3.63, 3.8) is 0 Å². The third-order valence-corrected chi connectivity index (χ3v) is 3.14. The Morgan fingerprint density at radius 2 is 2.18 bits per heavy atom. The fourth-order valence-electron chi connectivity index (χ4n) is 2.16. The number of aromatic nitrogens is 1. The second kappa shape index (κ2) is 4.82. The molecule has 0 amide bonds. The van der Waals surface area contributed by atoms with Crippen LogP contribution in [0.1, 0.15) is 12.1 Å². The van der Waals surface area contributed by atoms with Gasteiger partial charge >= 0.3 is 0 Å². The van der Waals surface area contributed by atoms with E-state index >= 15 is 0 Å². The van der Waals surface area contributed by atoms with Crippen molar-refractivity contribution < 1.29 is 4.74 Å². The summed E-state index contributed by atoms with van der Waals surface area (Å²) in [7, 11) is 0. The van der Waals surface area contributed by atoms with Crippen LogP contribution >= 0.6 is 0 Å². The van der Waals surface area contributed by atoms with E-state index in [9.17, 15) is 0 Å². The van der Waals surface area contributed by atoms with Crippen LogP contribution in [0.4, 0.5) is 0 Å². The molecule has 1 saturated heterocycles. The van der Waals surface area contributed by atoms with E-state index in [0.29, 0.717) is 12.7 Å². The van der Waals surface area contributed by atoms with E-state index in [4.69, 9.17) is 4.74 Å². The SMILES string of the molecule is c1ccc2nc(COC3CCNC3)ccc2c1. The first-order valence-electron chi connectivity index (χ1n) is 6.09. The Kier molecular flexibility index (Phi) is 3.03. The molecule has 1 aromatic heterocycles. The first-order valence-corrected chi connectivity index (χ1v) is 6.09. The van der Waals surface area contributed by atoms with E-state index in [0.717, 1.165) is 30.7 Å². The summed E-state index contributed by atoms with van der Waals surface area (Å²) in [5, 5.41) is 4.47. The van der Waals surface area contributed by atoms with Crippen LogP contribution in [0.5, 0.6) is 0 Å². The molecule has 3 rings (SSSR count). The van der Waals surface area contributed by atoms with Gasteiger partial charge in [0.15, 0.2) is 0 Å². The number of pyridine rings is 1. The van der Waals surface area contributed by atoms with Crippen LogP contribution in [-0.4, -0.2) is 24.2 Å². The van der Waals surface area contributed by atoms with Gasteiger partial charge in [-0.1, -0.05) is 24.3 Å². The third kappa shape index (κ3) is 2.46. The summed E-state index contributed by atoms with van der Waals surface area (Å²) in [6.45, 7) is 2.64. The monoisotopic (exact) mass is 228 g/mol. The Morgan fingerprint density at radius 3 is 3.06 bits per heavy atom. The lowest BCUT2D eigenvalue weighted by Crippen LogP contribution is -2.16. The maximum Gasteiger partial charge on any atom is 0.0892 e. The van der Waals surface area contributed by atoms with Crippen LogP contribution in [0, 0.1) is 0 Å². The highest BCUT2D eigenvalue weighted by Crippen LogP contribution is 2.13. The largest absolute Gasteiger partial charge is 0.371 e. The van der Waals surface area contributed by atoms with Gasteiger partial charge in [0.1, 0.15) is 0 Å². The molecule has 2 aromatic rings. The lowest BCUT2D eigenvalue weighted by molar-refractivity contribution is 0.0524. The summed E-state index contributed by atoms with van der Waals surface area (Å²) in [5.41, 5.74) is 2.05. The summed E-state index contributed by atoms with van der Waals surface area (Å²) in [6.07, 6.45) is 1.45. The Hall–Kier alpha value is -1.45. The van der Waals surface area contributed by atoms with Crippen LogP contribution in [0.25, 0.3) is 10.9 Å². The molecule has 0 aliphatic carbocycles. The number of hydrogen-bond donors (Lipinski definition) is 1. The standard InChI is InChI=1S/C14H16N2O/c1-2-4-14-11(3-1)5-6-12(16-14)10-17-13-7-8-15-9-13/h1-6,13,15H,7-10H2. The van der Waals surface area contributed by atoms with E-state index in [1.807, 2.05) is 24.3 Å². The van der Waals surface area contributed by atoms with Crippen LogP contribution in [0.15, 0.2) is 36.4 Å². The Bertz CT molecular complexity index is 506. The quantitative estimate of drug-likeness (QED) is 0.873. The normalized spacial score (nSPS) is 19.9. The van der Waals surface area contributed by atoms with E-state index in [2.05, 4.69) is 22.4 Å². The molecule has 88 valence electrons. The highest BCUT2D eigenvalue weighted by molar-refractivity contribution is 5.78. The lowest BCUT2D eigenvalue weighted by atomic mass is 10.2. The zero-order chi connectivity index (χ0) is 11.5. The second-order valence-corrected chi connectivity index (χ2v) is 4.42. The summed E-state index contributed by atoms with van der Waals surface area (Å²) in [4.78, 5) is 4.59. The van der Waals surface area contributed by atoms with Gasteiger partial charge in [-0.15, -0.1) is 0 Å². The fraction of sp³-hybridized carbons (Fsp3) is 0.357. The van der Waals surface area contributed by atoms with Crippen molar-refractivity contribution >= 4 is 10.9 Å². The van der Waals surface area contributed by atoms with Crippen molar-refractivity contribution in [2.75, 3.05) is 13.1 Å². The highest BCUT2D eigenvalue weighted by atomic mass is 16.5. The topological polar surface area (TPSA) is 34.1 Å². The number of nitrogens with zero attached hydrogens (tertiary/aromatic N) is 1. The molecule has 0 radical (unpaired) electrons. The maximum absolute atomic E-state index is 5.81. The first kappa shape index (κ1) is 10.7. The minimum absolute atomic E-state index is 0.350. The number of hydrogen-bond acceptors (Lipinski definition) is 3. The first-order chi connectivity index (χ1) is 8.42. The third-order valence-electron chi connectivity index (χ3n) is 3.14. The summed E-state index contributed by atoms with van der Waals surface area (Å²) in [6, 6.07) is 12.3. The van der Waals surface area contributed by atoms with Crippen LogP contribution in [0.3, 0.4) is 0 Å². The molecule has 1 aromatic carbocycles. The van der Waals surface area contributed by atoms with Gasteiger partial charge in [0.25, 0.3) is 0 Å². The molecule has 0 saturated carbocycles. The molecule has 1 aliphatic heterocycles. The molecule has 1 aliphatic rings. The molecule has 0 spiro atoms. The number of ether oxygens (including phenoxy) is 1. The molecular formula is C14H16N2O. The molecule has 3 nitrogen and oxygen atoms in total. The molecule has 1 fully saturated rings. The maximum atomic E-state index is 5.81. The van der Waals surface area contributed by atoms with Gasteiger partial charge in [0.05, 0.1) is 23.9 Å². The predicted molar refractivity (Wildman–Crippen MR) is 67.8 cm³/mol. The van der Waals surface area contributed by atoms with Crippen molar-refractivity contribution in [3.05, 3.63) is 42.1 Å². The van der Waals surface area contributed by atoms with Crippen molar-refractivity contribution in [1.82, 2.24) is 10.3 Å². The average molecular weight is 228 g/mol. The summed E-state index contributed by atoms with van der Waals surface area (Å²) >= 11 is 0. The average Bonchev–Trinajstić information content (AvgIpc) is 2.89. The fourth-order valence-corrected chi connectivity index (χ4v) is 2.16. The van der Waals surface area contributed by atoms with E-state index in [1.165, 1.54) is 5.39 Å². The number of rotatable bonds is 3. The van der Waals surface area contributed by atoms with Gasteiger partial charge < -0.3 is 10.1 Å². The second-order valence-electron chi connectivity index (χ2n) is 4.42. The molecule has 1 N–H and O–H groups in total. The van der Waals surface area contributed by atoms with Crippen molar-refractivity contribution in [2.24, 2.45) is 0 Å². The number of nitrogens with one attached hydrogen (secondary N) is 1. The predicted octanol–water partition coefficient (Wildman–Crippen LogP) is 2.11. The smallest absolute Gasteiger partial charge is 0.0892 e. The summed E-state index contributed by atoms with van der Waals surface area (Å²) in [5.74, 6) is 0. The number of para-hydroxylation sites is 1. The molecule has 0 bridgehead atoms. The zero-order valence-corrected chi connectivity index (χ0v) is 9.73. The van der Waals surface area contributed by atoms with E-state index < -0.39 is 0 Å². The highest BCUT2D eigenvalue weighted by Gasteiger charge is 2.14. The Morgan fingerprint density at radius 1 is 1.24 bits per heavy atom. The van der Waals surface area contributed by atoms with Crippen LogP contribution < -0.4 is 5.32 Å². The van der Waals surface area contributed by atoms with Gasteiger partial charge in [-0.05, 0) is 25.1 Å². The van der Waals surface area contributed by atoms with Gasteiger partial charge in [0.2, 0.25) is 0 Å². The molecule has 1 unspecified atom stereocenters. The van der Waals surface area contributed by atoms with Crippen LogP contribution in [0.2, 0.25) is 0 Å². The van der Waals surface area contributed by atoms with E-state index in [-0.39, 0.29) is 0 Å². The van der Waals surface area contributed by atoms with Gasteiger partial charge in [-0.2, -0.15) is 0 Å². The minimum atomic E-state index is 0.350. The van der Waals surface area contributed by atoms with Gasteiger partial charge in [-0.25, -0.2) is 0 Å². The minimum Gasteiger partial charge on any atom is -0.371 e. The van der Waals surface area contributed by atoms with Crippen molar-refractivity contribution in [2.45, 2.75) is 19.1 Å². The molecular weight excluding hydrogens is 212 g/mol. The number of fused-ring (bicyclic) bond motifs is 1. The van der Waals surface area contributed by atoms with Gasteiger partial charge in [0, 0.05) is 11.9 Å². The molecule has 3 heteroatoms. The molecule has 17 heavy (non-hydrogen) atoms. The molecule has 2 heterocycles. The lowest BCUT2D eigenvalue weighted by Gasteiger charge is -2.10. The zero-order valence-electron chi connectivity index (χ0n) is 9.73. The summed E-state index contributed by atoms with van der Waals surface area (Å²) < 4.78 is 5.81. The van der Waals surface area contributed by atoms with Crippen molar-refractivity contribution in [3.8, 4) is 0 Å². The Labute approximate surface area is 101 Å². The van der Waals surface area contributed by atoms with E-state index in [1.54, 1.807) is 0 Å². The van der Waals surface area contributed by atoms with Gasteiger partial charge in [-0.3, -0.25) is 4.98 Å². The van der Waals surface area contributed by atoms with Crippen LogP contribution in [-0.2, 0) is 11.3 Å². The number of benzene rings is 1.